The van der Waals surface area contributed by atoms with Crippen LogP contribution in [0.4, 0.5) is 0 Å². The second kappa shape index (κ2) is 9.15. The van der Waals surface area contributed by atoms with Gasteiger partial charge >= 0.3 is 0 Å². The number of benzene rings is 1. The Bertz CT molecular complexity index is 542. The lowest BCUT2D eigenvalue weighted by atomic mass is 10.1. The van der Waals surface area contributed by atoms with Gasteiger partial charge in [0, 0.05) is 31.9 Å². The van der Waals surface area contributed by atoms with Crippen molar-refractivity contribution in [3.8, 4) is 0 Å². The average Bonchev–Trinajstić information content (AvgIpc) is 2.96. The molecule has 114 valence electrons. The summed E-state index contributed by atoms with van der Waals surface area (Å²) in [5.41, 5.74) is 2.28. The van der Waals surface area contributed by atoms with E-state index in [9.17, 15) is 4.79 Å². The molecule has 2 rings (SSSR count). The molecule has 21 heavy (non-hydrogen) atoms. The van der Waals surface area contributed by atoms with E-state index in [4.69, 9.17) is 0 Å². The van der Waals surface area contributed by atoms with E-state index in [-0.39, 0.29) is 18.3 Å². The average molecular weight is 309 g/mol. The van der Waals surface area contributed by atoms with Gasteiger partial charge in [-0.15, -0.1) is 12.4 Å². The minimum atomic E-state index is 0. The molecule has 5 nitrogen and oxygen atoms in total. The van der Waals surface area contributed by atoms with Crippen LogP contribution < -0.4 is 10.6 Å². The molecule has 0 saturated heterocycles. The van der Waals surface area contributed by atoms with E-state index in [1.165, 1.54) is 5.56 Å². The number of aromatic nitrogens is 2. The topological polar surface area (TPSA) is 59.0 Å². The van der Waals surface area contributed by atoms with Gasteiger partial charge in [-0.3, -0.25) is 9.48 Å². The van der Waals surface area contributed by atoms with Crippen molar-refractivity contribution in [3.05, 3.63) is 53.9 Å². The first-order valence-electron chi connectivity index (χ1n) is 6.74. The molecule has 1 aromatic heterocycles. The third-order valence-corrected chi connectivity index (χ3v) is 2.99. The fourth-order valence-electron chi connectivity index (χ4n) is 1.95. The summed E-state index contributed by atoms with van der Waals surface area (Å²) in [6, 6.07) is 10.1. The third-order valence-electron chi connectivity index (χ3n) is 2.99. The maximum absolute atomic E-state index is 11.6. The lowest BCUT2D eigenvalue weighted by Crippen LogP contribution is -2.26. The minimum absolute atomic E-state index is 0. The van der Waals surface area contributed by atoms with E-state index in [0.717, 1.165) is 12.1 Å². The van der Waals surface area contributed by atoms with Crippen molar-refractivity contribution in [3.63, 3.8) is 0 Å². The van der Waals surface area contributed by atoms with E-state index < -0.39 is 0 Å². The lowest BCUT2D eigenvalue weighted by molar-refractivity contribution is -0.121. The zero-order chi connectivity index (χ0) is 14.2. The summed E-state index contributed by atoms with van der Waals surface area (Å²) in [6.45, 7) is 2.01. The maximum Gasteiger partial charge on any atom is 0.221 e. The highest BCUT2D eigenvalue weighted by atomic mass is 35.5. The quantitative estimate of drug-likeness (QED) is 0.816. The molecule has 0 aliphatic carbocycles. The van der Waals surface area contributed by atoms with Crippen molar-refractivity contribution >= 4 is 18.3 Å². The van der Waals surface area contributed by atoms with Crippen LogP contribution in [0.5, 0.6) is 0 Å². The van der Waals surface area contributed by atoms with Gasteiger partial charge < -0.3 is 10.6 Å². The normalized spacial score (nSPS) is 9.95. The highest BCUT2D eigenvalue weighted by Gasteiger charge is 2.01. The molecule has 1 aromatic carbocycles. The number of hydrogen-bond donors (Lipinski definition) is 2. The summed E-state index contributed by atoms with van der Waals surface area (Å²) in [5, 5.41) is 10.1. The third kappa shape index (κ3) is 5.97. The highest BCUT2D eigenvalue weighted by molar-refractivity contribution is 5.85. The van der Waals surface area contributed by atoms with E-state index >= 15 is 0 Å². The molecular weight excluding hydrogens is 288 g/mol. The first-order chi connectivity index (χ1) is 9.78. The molecule has 6 heteroatoms. The van der Waals surface area contributed by atoms with Gasteiger partial charge in [-0.25, -0.2) is 0 Å². The predicted octanol–water partition coefficient (Wildman–Crippen LogP) is 1.58. The van der Waals surface area contributed by atoms with Crippen LogP contribution in [0.3, 0.4) is 0 Å². The Morgan fingerprint density at radius 3 is 2.81 bits per heavy atom. The zero-order valence-electron chi connectivity index (χ0n) is 12.1. The van der Waals surface area contributed by atoms with Crippen LogP contribution in [-0.2, 0) is 17.9 Å². The lowest BCUT2D eigenvalue weighted by Gasteiger charge is -2.07. The zero-order valence-corrected chi connectivity index (χ0v) is 12.9. The predicted molar refractivity (Wildman–Crippen MR) is 85.4 cm³/mol. The Labute approximate surface area is 131 Å². The van der Waals surface area contributed by atoms with Crippen molar-refractivity contribution < 1.29 is 4.79 Å². The van der Waals surface area contributed by atoms with Crippen LogP contribution in [0, 0.1) is 0 Å². The van der Waals surface area contributed by atoms with Crippen LogP contribution in [-0.4, -0.2) is 29.3 Å². The number of amides is 1. The summed E-state index contributed by atoms with van der Waals surface area (Å²) >= 11 is 0. The fourth-order valence-corrected chi connectivity index (χ4v) is 1.95. The van der Waals surface area contributed by atoms with Gasteiger partial charge in [-0.2, -0.15) is 5.10 Å². The summed E-state index contributed by atoms with van der Waals surface area (Å²) in [6.07, 6.45) is 4.21. The number of hydrogen-bond acceptors (Lipinski definition) is 3. The number of rotatable bonds is 7. The molecule has 1 amide bonds. The van der Waals surface area contributed by atoms with Gasteiger partial charge in [0.15, 0.2) is 0 Å². The van der Waals surface area contributed by atoms with Crippen molar-refractivity contribution in [1.29, 1.82) is 0 Å². The van der Waals surface area contributed by atoms with E-state index in [0.29, 0.717) is 19.5 Å². The Hall–Kier alpha value is -1.85. The minimum Gasteiger partial charge on any atom is -0.352 e. The molecule has 2 N–H and O–H groups in total. The number of nitrogens with zero attached hydrogens (tertiary/aromatic N) is 2. The smallest absolute Gasteiger partial charge is 0.221 e. The summed E-state index contributed by atoms with van der Waals surface area (Å²) in [4.78, 5) is 11.6. The Morgan fingerprint density at radius 1 is 1.29 bits per heavy atom. The molecule has 0 aliphatic rings. The molecule has 0 atom stereocenters. The second-order valence-electron chi connectivity index (χ2n) is 4.65. The largest absolute Gasteiger partial charge is 0.352 e. The van der Waals surface area contributed by atoms with Crippen molar-refractivity contribution in [2.45, 2.75) is 19.5 Å². The number of carbonyl (C=O) groups excluding carboxylic acids is 1. The Morgan fingerprint density at radius 2 is 2.10 bits per heavy atom. The van der Waals surface area contributed by atoms with Crippen LogP contribution >= 0.6 is 12.4 Å². The van der Waals surface area contributed by atoms with Gasteiger partial charge in [0.05, 0.1) is 6.54 Å². The SMILES string of the molecule is CNCCC(=O)NCc1cccc(Cn2cccn2)c1.Cl. The van der Waals surface area contributed by atoms with Gasteiger partial charge in [0.2, 0.25) is 5.91 Å². The number of nitrogens with one attached hydrogen (secondary N) is 2. The molecular formula is C15H21ClN4O. The first kappa shape index (κ1) is 17.2. The molecule has 0 spiro atoms. The van der Waals surface area contributed by atoms with E-state index in [1.54, 1.807) is 6.20 Å². The molecule has 2 aromatic rings. The number of halogens is 1. The monoisotopic (exact) mass is 308 g/mol. The van der Waals surface area contributed by atoms with Crippen LogP contribution in [0.2, 0.25) is 0 Å². The van der Waals surface area contributed by atoms with Crippen molar-refractivity contribution in [2.24, 2.45) is 0 Å². The summed E-state index contributed by atoms with van der Waals surface area (Å²) in [7, 11) is 1.84. The van der Waals surface area contributed by atoms with Gasteiger partial charge in [-0.05, 0) is 24.2 Å². The van der Waals surface area contributed by atoms with E-state index in [1.807, 2.05) is 36.1 Å². The first-order valence-corrected chi connectivity index (χ1v) is 6.74. The fraction of sp³-hybridized carbons (Fsp3) is 0.333. The van der Waals surface area contributed by atoms with Crippen molar-refractivity contribution in [2.75, 3.05) is 13.6 Å². The summed E-state index contributed by atoms with van der Waals surface area (Å²) < 4.78 is 1.88. The van der Waals surface area contributed by atoms with Crippen molar-refractivity contribution in [1.82, 2.24) is 20.4 Å². The van der Waals surface area contributed by atoms with Gasteiger partial charge in [-0.1, -0.05) is 24.3 Å². The summed E-state index contributed by atoms with van der Waals surface area (Å²) in [5.74, 6) is 0.0665. The van der Waals surface area contributed by atoms with E-state index in [2.05, 4.69) is 27.9 Å². The number of carbonyl (C=O) groups is 1. The molecule has 0 bridgehead atoms. The van der Waals surface area contributed by atoms with Gasteiger partial charge in [0.1, 0.15) is 0 Å². The molecule has 0 aliphatic heterocycles. The Balaban J connectivity index is 0.00000220. The van der Waals surface area contributed by atoms with Crippen LogP contribution in [0.15, 0.2) is 42.7 Å². The molecule has 0 unspecified atom stereocenters. The second-order valence-corrected chi connectivity index (χ2v) is 4.65. The Kier molecular flexibility index (Phi) is 7.50. The molecule has 0 radical (unpaired) electrons. The molecule has 0 saturated carbocycles. The van der Waals surface area contributed by atoms with Crippen LogP contribution in [0.1, 0.15) is 17.5 Å². The molecule has 0 fully saturated rings. The maximum atomic E-state index is 11.6. The molecule has 1 heterocycles. The van der Waals surface area contributed by atoms with Crippen LogP contribution in [0.25, 0.3) is 0 Å². The highest BCUT2D eigenvalue weighted by Crippen LogP contribution is 2.07. The standard InChI is InChI=1S/C15H20N4O.ClH/c1-16-8-6-15(20)17-11-13-4-2-5-14(10-13)12-19-9-3-7-18-19;/h2-5,7,9-10,16H,6,8,11-12H2,1H3,(H,17,20);1H. The van der Waals surface area contributed by atoms with Gasteiger partial charge in [0.25, 0.3) is 0 Å².